The molecular formula is CH9BP3S+. The molecule has 0 aromatic heterocycles. The quantitative estimate of drug-likeness (QED) is 0.323. The lowest BCUT2D eigenvalue weighted by Crippen LogP contribution is -1.60. The Morgan fingerprint density at radius 3 is 2.83 bits per heavy atom. The van der Waals surface area contributed by atoms with Gasteiger partial charge in [0.2, 0.25) is 0 Å². The molecule has 0 nitrogen and oxygen atoms in total. The van der Waals surface area contributed by atoms with Gasteiger partial charge in [-0.1, -0.05) is 0 Å². The molecule has 4 unspecified atom stereocenters. The zero-order chi connectivity index (χ0) is 5.70. The molecular weight excluding hydrogens is 148 g/mol. The molecule has 6 heavy (non-hydrogen) atoms. The highest BCUT2D eigenvalue weighted by Gasteiger charge is 2.00. The van der Waals surface area contributed by atoms with Crippen LogP contribution in [0.1, 0.15) is 0 Å². The Balaban J connectivity index is 2.99. The van der Waals surface area contributed by atoms with Crippen LogP contribution in [0.2, 0.25) is 0 Å². The van der Waals surface area contributed by atoms with Crippen molar-refractivity contribution in [3.63, 3.8) is 0 Å². The Labute approximate surface area is 49.6 Å². The first-order chi connectivity index (χ1) is 3.35. The van der Waals surface area contributed by atoms with Crippen LogP contribution in [0, 0.1) is 0 Å². The summed E-state index contributed by atoms with van der Waals surface area (Å²) in [6, 6.07) is 0. The number of hydrogen-bond donors (Lipinski definition) is 0. The van der Waals surface area contributed by atoms with Gasteiger partial charge in [-0.15, -0.1) is 0 Å². The molecule has 0 saturated heterocycles. The molecule has 0 aromatic carbocycles. The Morgan fingerprint density at radius 2 is 2.83 bits per heavy atom. The summed E-state index contributed by atoms with van der Waals surface area (Å²) >= 11 is 0. The van der Waals surface area contributed by atoms with Gasteiger partial charge in [-0.05, 0) is 0 Å². The van der Waals surface area contributed by atoms with E-state index in [0.717, 1.165) is 15.4 Å². The van der Waals surface area contributed by atoms with Gasteiger partial charge in [0.1, 0.15) is 9.06 Å². The summed E-state index contributed by atoms with van der Waals surface area (Å²) < 4.78 is 7.01. The third kappa shape index (κ3) is 3.88. The van der Waals surface area contributed by atoms with Crippen LogP contribution in [-0.4, -0.2) is 15.5 Å². The van der Waals surface area contributed by atoms with Gasteiger partial charge in [-0.2, -0.15) is 0 Å². The highest BCUT2D eigenvalue weighted by molar-refractivity contribution is 8.96. The van der Waals surface area contributed by atoms with E-state index < -0.39 is 0 Å². The second-order valence-corrected chi connectivity index (χ2v) is 11.9. The van der Waals surface area contributed by atoms with Crippen molar-refractivity contribution in [1.29, 1.82) is 1.28 Å². The third-order valence-electron chi connectivity index (χ3n) is 0.408. The molecule has 5 heteroatoms. The summed E-state index contributed by atoms with van der Waals surface area (Å²) in [4.78, 5) is 0. The minimum absolute atomic E-state index is 0.451. The maximum absolute atomic E-state index is 7.01. The molecule has 0 aliphatic heterocycles. The molecule has 0 bridgehead atoms. The standard InChI is InChI=1S/CH9BP3S/c1-4-6(3)5-2/h4-5H,2-3H2,1H3/q+1/i3D. The summed E-state index contributed by atoms with van der Waals surface area (Å²) in [5.74, 6) is 0. The monoisotopic (exact) mass is 158 g/mol. The van der Waals surface area contributed by atoms with Gasteiger partial charge >= 0.3 is 0 Å². The van der Waals surface area contributed by atoms with Crippen LogP contribution in [0.15, 0.2) is 0 Å². The second-order valence-electron chi connectivity index (χ2n) is 0.714. The average molecular weight is 158 g/mol. The minimum atomic E-state index is 0.451. The first-order valence-electron chi connectivity index (χ1n) is 2.11. The van der Waals surface area contributed by atoms with E-state index in [1.165, 1.54) is 0 Å². The van der Waals surface area contributed by atoms with Crippen molar-refractivity contribution in [2.75, 3.05) is 6.66 Å². The predicted molar refractivity (Wildman–Crippen MR) is 48.2 cm³/mol. The Bertz CT molecular complexity index is 36.4. The fourth-order valence-electron chi connectivity index (χ4n) is 0.102. The Kier molecular flexibility index (Phi) is 4.72. The second kappa shape index (κ2) is 4.85. The number of hydrogen-bond acceptors (Lipinski definition) is 0. The predicted octanol–water partition coefficient (Wildman–Crippen LogP) is 0.760. The van der Waals surface area contributed by atoms with E-state index in [-0.39, 0.29) is 0 Å². The molecule has 0 aliphatic carbocycles. The molecule has 0 heterocycles. The molecule has 0 saturated carbocycles. The molecule has 36 valence electrons. The Hall–Kier alpha value is 1.70. The van der Waals surface area contributed by atoms with Crippen molar-refractivity contribution >= 4 is 41.2 Å². The molecule has 0 rings (SSSR count). The molecule has 0 amide bonds. The maximum atomic E-state index is 7.01. The summed E-state index contributed by atoms with van der Waals surface area (Å²) in [6.07, 6.45) is 0. The average Bonchev–Trinajstić information content (AvgIpc) is 1.72. The van der Waals surface area contributed by atoms with E-state index in [1.54, 1.807) is 0 Å². The Morgan fingerprint density at radius 1 is 2.17 bits per heavy atom. The SMILES string of the molecule is [2H]P[S+](PB)PC. The summed E-state index contributed by atoms with van der Waals surface area (Å²) in [6.45, 7) is 2.20. The van der Waals surface area contributed by atoms with E-state index in [4.69, 9.17) is 1.28 Å². The lowest BCUT2D eigenvalue weighted by Gasteiger charge is -1.87. The van der Waals surface area contributed by atoms with Crippen molar-refractivity contribution in [2.45, 2.75) is 0 Å². The zero-order valence-electron chi connectivity index (χ0n) is 4.91. The van der Waals surface area contributed by atoms with Gasteiger partial charge in [0.05, 0.1) is 16.0 Å². The molecule has 0 aliphatic rings. The first-order valence-corrected chi connectivity index (χ1v) is 8.51. The van der Waals surface area contributed by atoms with Crippen LogP contribution < -0.4 is 0 Å². The molecule has 0 aromatic rings. The van der Waals surface area contributed by atoms with Crippen LogP contribution in [0.4, 0.5) is 0 Å². The largest absolute Gasteiger partial charge is 0.197 e. The topological polar surface area (TPSA) is 0 Å². The van der Waals surface area contributed by atoms with Crippen molar-refractivity contribution in [3.05, 3.63) is 0 Å². The van der Waals surface area contributed by atoms with Crippen LogP contribution in [0.5, 0.6) is 0 Å². The fourth-order valence-corrected chi connectivity index (χ4v) is 2.76. The smallest absolute Gasteiger partial charge is 0.0000982 e. The van der Waals surface area contributed by atoms with E-state index >= 15 is 0 Å². The summed E-state index contributed by atoms with van der Waals surface area (Å²) in [5, 5.41) is 0. The van der Waals surface area contributed by atoms with Crippen molar-refractivity contribution < 1.29 is 0 Å². The van der Waals surface area contributed by atoms with Gasteiger partial charge < -0.3 is 0 Å². The van der Waals surface area contributed by atoms with Crippen LogP contribution in [0.3, 0.4) is 0 Å². The molecule has 0 fully saturated rings. The van der Waals surface area contributed by atoms with Gasteiger partial charge in [0.25, 0.3) is 0 Å². The van der Waals surface area contributed by atoms with Gasteiger partial charge in [0, 0.05) is 16.4 Å². The van der Waals surface area contributed by atoms with E-state index in [9.17, 15) is 0 Å². The van der Waals surface area contributed by atoms with Gasteiger partial charge in [-0.25, -0.2) is 0 Å². The van der Waals surface area contributed by atoms with Crippen LogP contribution in [0.25, 0.3) is 0 Å². The first kappa shape index (κ1) is 5.83. The normalized spacial score (nSPS) is 22.5. The van der Waals surface area contributed by atoms with Gasteiger partial charge in [0.15, 0.2) is 7.57 Å². The summed E-state index contributed by atoms with van der Waals surface area (Å²) in [7, 11) is 5.18. The van der Waals surface area contributed by atoms with Crippen molar-refractivity contribution in [2.24, 2.45) is 0 Å². The molecule has 4 atom stereocenters. The van der Waals surface area contributed by atoms with Crippen LogP contribution in [-0.2, 0) is 9.75 Å². The number of rotatable bonds is 3. The lowest BCUT2D eigenvalue weighted by molar-refractivity contribution is 2.51. The van der Waals surface area contributed by atoms with E-state index in [2.05, 4.69) is 14.2 Å². The molecule has 0 N–H and O–H groups in total. The van der Waals surface area contributed by atoms with E-state index in [1.807, 2.05) is 0 Å². The third-order valence-corrected chi connectivity index (χ3v) is 11.0. The van der Waals surface area contributed by atoms with Crippen LogP contribution >= 0.6 is 23.8 Å². The van der Waals surface area contributed by atoms with Crippen molar-refractivity contribution in [3.8, 4) is 0 Å². The lowest BCUT2D eigenvalue weighted by atomic mass is 10.8. The molecule has 0 radical (unpaired) electrons. The fraction of sp³-hybridized carbons (Fsp3) is 1.00. The van der Waals surface area contributed by atoms with Crippen molar-refractivity contribution in [1.82, 2.24) is 0 Å². The molecule has 0 spiro atoms. The zero-order valence-corrected chi connectivity index (χ0v) is 7.72. The highest BCUT2D eigenvalue weighted by atomic mass is 33.3. The summed E-state index contributed by atoms with van der Waals surface area (Å²) in [5.41, 5.74) is 0. The highest BCUT2D eigenvalue weighted by Crippen LogP contribution is 2.39. The van der Waals surface area contributed by atoms with Gasteiger partial charge in [-0.3, -0.25) is 0 Å². The maximum Gasteiger partial charge on any atom is 0.197 e. The minimum Gasteiger partial charge on any atom is 0.0000982 e. The van der Waals surface area contributed by atoms with E-state index in [0.29, 0.717) is 18.1 Å².